The number of rotatable bonds is 5. The zero-order valence-electron chi connectivity index (χ0n) is 31.6. The number of aromatic nitrogens is 1. The van der Waals surface area contributed by atoms with E-state index < -0.39 is 0 Å². The zero-order valence-corrected chi connectivity index (χ0v) is 31.6. The molecule has 58 heavy (non-hydrogen) atoms. The lowest BCUT2D eigenvalue weighted by atomic mass is 9.85. The molecule has 0 N–H and O–H groups in total. The summed E-state index contributed by atoms with van der Waals surface area (Å²) in [6.45, 7) is 0. The van der Waals surface area contributed by atoms with Gasteiger partial charge in [0.05, 0.1) is 11.0 Å². The fourth-order valence-corrected chi connectivity index (χ4v) is 9.43. The molecule has 0 aliphatic carbocycles. The minimum absolute atomic E-state index is 0.880. The Balaban J connectivity index is 1.04. The molecule has 0 saturated heterocycles. The summed E-state index contributed by atoms with van der Waals surface area (Å²) in [7, 11) is 0. The van der Waals surface area contributed by atoms with E-state index in [1.54, 1.807) is 0 Å². The molecular formula is C56H35NO. The average molecular weight is 738 g/mol. The first-order valence-corrected chi connectivity index (χ1v) is 19.9. The molecule has 0 saturated carbocycles. The van der Waals surface area contributed by atoms with E-state index in [2.05, 4.69) is 217 Å². The molecule has 0 fully saturated rings. The molecule has 10 aromatic carbocycles. The van der Waals surface area contributed by atoms with Crippen molar-refractivity contribution in [3.05, 3.63) is 212 Å². The number of hydrogen-bond acceptors (Lipinski definition) is 1. The van der Waals surface area contributed by atoms with Crippen molar-refractivity contribution in [2.45, 2.75) is 0 Å². The summed E-state index contributed by atoms with van der Waals surface area (Å²) in [6.07, 6.45) is 0. The third-order valence-electron chi connectivity index (χ3n) is 12.0. The van der Waals surface area contributed by atoms with Crippen LogP contribution in [0.2, 0.25) is 0 Å². The monoisotopic (exact) mass is 737 g/mol. The highest BCUT2D eigenvalue weighted by atomic mass is 16.3. The third kappa shape index (κ3) is 4.99. The number of benzene rings is 10. The molecule has 0 amide bonds. The average Bonchev–Trinajstić information content (AvgIpc) is 3.84. The van der Waals surface area contributed by atoms with Crippen molar-refractivity contribution in [2.75, 3.05) is 0 Å². The molecule has 0 radical (unpaired) electrons. The van der Waals surface area contributed by atoms with Crippen LogP contribution < -0.4 is 0 Å². The van der Waals surface area contributed by atoms with Crippen LogP contribution in [-0.2, 0) is 0 Å². The van der Waals surface area contributed by atoms with Gasteiger partial charge in [0.1, 0.15) is 11.2 Å². The van der Waals surface area contributed by atoms with Crippen LogP contribution in [0.15, 0.2) is 217 Å². The molecule has 2 heteroatoms. The third-order valence-corrected chi connectivity index (χ3v) is 12.0. The molecule has 0 unspecified atom stereocenters. The summed E-state index contributed by atoms with van der Waals surface area (Å²) in [5, 5.41) is 9.68. The highest BCUT2D eigenvalue weighted by molar-refractivity contribution is 6.25. The van der Waals surface area contributed by atoms with Crippen molar-refractivity contribution < 1.29 is 4.42 Å². The topological polar surface area (TPSA) is 18.1 Å². The Morgan fingerprint density at radius 2 is 0.828 bits per heavy atom. The highest BCUT2D eigenvalue weighted by Crippen LogP contribution is 2.47. The van der Waals surface area contributed by atoms with Gasteiger partial charge in [-0.3, -0.25) is 0 Å². The van der Waals surface area contributed by atoms with Gasteiger partial charge in [-0.2, -0.15) is 0 Å². The van der Waals surface area contributed by atoms with E-state index >= 15 is 0 Å². The largest absolute Gasteiger partial charge is 0.456 e. The highest BCUT2D eigenvalue weighted by Gasteiger charge is 2.21. The maximum atomic E-state index is 6.77. The van der Waals surface area contributed by atoms with Gasteiger partial charge in [-0.25, -0.2) is 0 Å². The Kier molecular flexibility index (Phi) is 7.26. The lowest BCUT2D eigenvalue weighted by Gasteiger charge is -2.18. The summed E-state index contributed by atoms with van der Waals surface area (Å²) < 4.78 is 9.18. The number of nitrogens with zero attached hydrogens (tertiary/aromatic N) is 1. The van der Waals surface area contributed by atoms with Crippen molar-refractivity contribution in [3.8, 4) is 50.2 Å². The fraction of sp³-hybridized carbons (Fsp3) is 0. The molecule has 0 spiro atoms. The van der Waals surface area contributed by atoms with Crippen molar-refractivity contribution in [1.82, 2.24) is 4.57 Å². The van der Waals surface area contributed by atoms with Crippen molar-refractivity contribution in [1.29, 1.82) is 0 Å². The fourth-order valence-electron chi connectivity index (χ4n) is 9.43. The van der Waals surface area contributed by atoms with E-state index in [1.807, 2.05) is 0 Å². The Hall–Kier alpha value is -7.68. The first-order valence-electron chi connectivity index (χ1n) is 19.9. The Bertz CT molecular complexity index is 3500. The Morgan fingerprint density at radius 3 is 1.55 bits per heavy atom. The van der Waals surface area contributed by atoms with Gasteiger partial charge in [0.25, 0.3) is 0 Å². The maximum Gasteiger partial charge on any atom is 0.136 e. The Morgan fingerprint density at radius 1 is 0.293 bits per heavy atom. The summed E-state index contributed by atoms with van der Waals surface area (Å²) in [4.78, 5) is 0. The van der Waals surface area contributed by atoms with Gasteiger partial charge in [0, 0.05) is 27.2 Å². The van der Waals surface area contributed by atoms with E-state index in [0.717, 1.165) is 38.8 Å². The van der Waals surface area contributed by atoms with Gasteiger partial charge in [0.15, 0.2) is 0 Å². The molecule has 0 aliphatic heterocycles. The predicted octanol–water partition coefficient (Wildman–Crippen LogP) is 15.7. The van der Waals surface area contributed by atoms with E-state index in [-0.39, 0.29) is 0 Å². The van der Waals surface area contributed by atoms with Crippen LogP contribution in [0.4, 0.5) is 0 Å². The van der Waals surface area contributed by atoms with Gasteiger partial charge < -0.3 is 8.98 Å². The summed E-state index contributed by atoms with van der Waals surface area (Å²) in [6, 6.07) is 76.8. The minimum atomic E-state index is 0.880. The number of hydrogen-bond donors (Lipinski definition) is 0. The summed E-state index contributed by atoms with van der Waals surface area (Å²) in [5.74, 6) is 0. The predicted molar refractivity (Wildman–Crippen MR) is 245 cm³/mol. The number of furan rings is 1. The van der Waals surface area contributed by atoms with Crippen LogP contribution in [0.3, 0.4) is 0 Å². The summed E-state index contributed by atoms with van der Waals surface area (Å²) >= 11 is 0. The van der Waals surface area contributed by atoms with Crippen molar-refractivity contribution in [3.63, 3.8) is 0 Å². The minimum Gasteiger partial charge on any atom is -0.456 e. The van der Waals surface area contributed by atoms with Gasteiger partial charge in [-0.05, 0) is 109 Å². The van der Waals surface area contributed by atoms with E-state index in [1.165, 1.54) is 76.7 Å². The lowest BCUT2D eigenvalue weighted by Crippen LogP contribution is -1.94. The standard InChI is InChI=1S/C56H35NO/c1-3-15-36(16-4-1)38-19-13-20-41(33-38)57-50-27-12-11-21-42(50)43-31-29-39(34-51(43)57)40-30-32-48-53(35-40)58-52-28-14-26-49(56(48)52)55-46-24-9-7-22-44(46)54(37-17-5-2-6-18-37)45-23-8-10-25-47(45)55/h1-35H. The molecule has 2 nitrogen and oxygen atoms in total. The lowest BCUT2D eigenvalue weighted by molar-refractivity contribution is 0.669. The second-order valence-electron chi connectivity index (χ2n) is 15.2. The van der Waals surface area contributed by atoms with Crippen LogP contribution in [0.25, 0.3) is 115 Å². The van der Waals surface area contributed by atoms with Crippen molar-refractivity contribution >= 4 is 65.3 Å². The van der Waals surface area contributed by atoms with E-state index in [4.69, 9.17) is 4.42 Å². The maximum absolute atomic E-state index is 6.77. The SMILES string of the molecule is c1ccc(-c2cccc(-n3c4ccccc4c4ccc(-c5ccc6c(c5)oc5cccc(-c7c8ccccc8c(-c8ccccc8)c8ccccc78)c56)cc43)c2)cc1. The zero-order chi connectivity index (χ0) is 38.2. The first-order chi connectivity index (χ1) is 28.8. The van der Waals surface area contributed by atoms with E-state index in [0.29, 0.717) is 0 Å². The summed E-state index contributed by atoms with van der Waals surface area (Å²) in [5.41, 5.74) is 14.8. The van der Waals surface area contributed by atoms with E-state index in [9.17, 15) is 0 Å². The van der Waals surface area contributed by atoms with Crippen LogP contribution >= 0.6 is 0 Å². The van der Waals surface area contributed by atoms with Crippen molar-refractivity contribution in [2.24, 2.45) is 0 Å². The molecule has 12 rings (SSSR count). The van der Waals surface area contributed by atoms with Gasteiger partial charge in [-0.15, -0.1) is 0 Å². The van der Waals surface area contributed by atoms with Gasteiger partial charge in [0.2, 0.25) is 0 Å². The van der Waals surface area contributed by atoms with Gasteiger partial charge in [-0.1, -0.05) is 170 Å². The molecule has 0 atom stereocenters. The molecule has 0 bridgehead atoms. The Labute approximate surface area is 335 Å². The number of para-hydroxylation sites is 1. The molecular weight excluding hydrogens is 703 g/mol. The van der Waals surface area contributed by atoms with Gasteiger partial charge >= 0.3 is 0 Å². The second kappa shape index (κ2) is 12.9. The molecule has 2 heterocycles. The van der Waals surface area contributed by atoms with Crippen LogP contribution in [-0.4, -0.2) is 4.57 Å². The first kappa shape index (κ1) is 32.6. The number of fused-ring (bicyclic) bond motifs is 8. The molecule has 0 aliphatic rings. The second-order valence-corrected chi connectivity index (χ2v) is 15.2. The molecule has 270 valence electrons. The van der Waals surface area contributed by atoms with Crippen LogP contribution in [0.1, 0.15) is 0 Å². The smallest absolute Gasteiger partial charge is 0.136 e. The van der Waals surface area contributed by atoms with Crippen LogP contribution in [0.5, 0.6) is 0 Å². The van der Waals surface area contributed by atoms with Crippen LogP contribution in [0, 0.1) is 0 Å². The quantitative estimate of drug-likeness (QED) is 0.161. The molecule has 2 aromatic heterocycles. The molecule has 12 aromatic rings. The normalized spacial score (nSPS) is 11.8.